The van der Waals surface area contributed by atoms with Gasteiger partial charge in [-0.2, -0.15) is 12.6 Å². The Labute approximate surface area is 139 Å². The van der Waals surface area contributed by atoms with E-state index in [-0.39, 0.29) is 11.2 Å². The van der Waals surface area contributed by atoms with Gasteiger partial charge in [0.2, 0.25) is 5.91 Å². The fraction of sp³-hybridized carbons (Fsp3) is 0.235. The number of carbonyl (C=O) groups excluding carboxylic acids is 1. The maximum atomic E-state index is 12.2. The Hall–Kier alpha value is -1.26. The van der Waals surface area contributed by atoms with E-state index in [4.69, 9.17) is 0 Å². The maximum Gasteiger partial charge on any atom is 0.237 e. The molecule has 1 unspecified atom stereocenters. The van der Waals surface area contributed by atoms with Gasteiger partial charge in [0, 0.05) is 10.2 Å². The van der Waals surface area contributed by atoms with Crippen LogP contribution in [0, 0.1) is 13.8 Å². The van der Waals surface area contributed by atoms with Crippen LogP contribution in [-0.2, 0) is 11.2 Å². The van der Waals surface area contributed by atoms with Gasteiger partial charge in [-0.3, -0.25) is 4.79 Å². The monoisotopic (exact) mass is 363 g/mol. The van der Waals surface area contributed by atoms with Gasteiger partial charge in [0.05, 0.1) is 5.25 Å². The molecule has 2 aromatic carbocycles. The first-order valence-electron chi connectivity index (χ1n) is 6.77. The second-order valence-corrected chi connectivity index (χ2v) is 6.54. The lowest BCUT2D eigenvalue weighted by Gasteiger charge is -2.13. The molecule has 2 nitrogen and oxygen atoms in total. The number of amides is 1. The molecule has 0 aliphatic heterocycles. The first-order valence-corrected chi connectivity index (χ1v) is 8.08. The standard InChI is InChI=1S/C17H18BrNOS/c1-11-8-14(9-12(2)16(11)18)19-17(20)15(21)10-13-6-4-3-5-7-13/h3-9,15,21H,10H2,1-2H3,(H,19,20). The van der Waals surface area contributed by atoms with Gasteiger partial charge in [0.25, 0.3) is 0 Å². The van der Waals surface area contributed by atoms with Crippen LogP contribution in [0.5, 0.6) is 0 Å². The van der Waals surface area contributed by atoms with Gasteiger partial charge in [-0.25, -0.2) is 0 Å². The minimum Gasteiger partial charge on any atom is -0.325 e. The lowest BCUT2D eigenvalue weighted by atomic mass is 10.1. The molecule has 0 aliphatic carbocycles. The molecule has 0 bridgehead atoms. The number of hydrogen-bond acceptors (Lipinski definition) is 2. The van der Waals surface area contributed by atoms with E-state index in [1.807, 2.05) is 56.3 Å². The molecule has 0 aliphatic rings. The fourth-order valence-electron chi connectivity index (χ4n) is 2.17. The summed E-state index contributed by atoms with van der Waals surface area (Å²) in [5.74, 6) is -0.0803. The number of anilines is 1. The van der Waals surface area contributed by atoms with E-state index in [0.29, 0.717) is 6.42 Å². The van der Waals surface area contributed by atoms with Crippen molar-refractivity contribution in [2.75, 3.05) is 5.32 Å². The van der Waals surface area contributed by atoms with Crippen molar-refractivity contribution < 1.29 is 4.79 Å². The number of rotatable bonds is 4. The molecular formula is C17H18BrNOS. The van der Waals surface area contributed by atoms with Crippen LogP contribution in [0.2, 0.25) is 0 Å². The van der Waals surface area contributed by atoms with Gasteiger partial charge in [-0.1, -0.05) is 46.3 Å². The van der Waals surface area contributed by atoms with Gasteiger partial charge >= 0.3 is 0 Å². The number of hydrogen-bond donors (Lipinski definition) is 2. The molecule has 110 valence electrons. The summed E-state index contributed by atoms with van der Waals surface area (Å²) in [5, 5.41) is 2.57. The number of nitrogens with one attached hydrogen (secondary N) is 1. The Kier molecular flexibility index (Phi) is 5.48. The summed E-state index contributed by atoms with van der Waals surface area (Å²) in [6.45, 7) is 4.02. The highest BCUT2D eigenvalue weighted by molar-refractivity contribution is 9.10. The predicted octanol–water partition coefficient (Wildman–Crippen LogP) is 4.55. The van der Waals surface area contributed by atoms with E-state index < -0.39 is 0 Å². The lowest BCUT2D eigenvalue weighted by molar-refractivity contribution is -0.115. The average Bonchev–Trinajstić information content (AvgIpc) is 2.45. The quantitative estimate of drug-likeness (QED) is 0.766. The molecule has 1 atom stereocenters. The summed E-state index contributed by atoms with van der Waals surface area (Å²) in [6.07, 6.45) is 0.615. The van der Waals surface area contributed by atoms with E-state index in [9.17, 15) is 4.79 Å². The zero-order chi connectivity index (χ0) is 15.4. The zero-order valence-corrected chi connectivity index (χ0v) is 14.5. The molecule has 2 aromatic rings. The Bertz CT molecular complexity index is 619. The molecule has 4 heteroatoms. The number of carbonyl (C=O) groups is 1. The summed E-state index contributed by atoms with van der Waals surface area (Å²) in [7, 11) is 0. The topological polar surface area (TPSA) is 29.1 Å². The van der Waals surface area contributed by atoms with Crippen molar-refractivity contribution in [3.8, 4) is 0 Å². The first-order chi connectivity index (χ1) is 9.97. The summed E-state index contributed by atoms with van der Waals surface area (Å²) < 4.78 is 1.08. The summed E-state index contributed by atoms with van der Waals surface area (Å²) in [6, 6.07) is 13.8. The second-order valence-electron chi connectivity index (χ2n) is 5.12. The van der Waals surface area contributed by atoms with Crippen LogP contribution in [0.15, 0.2) is 46.9 Å². The highest BCUT2D eigenvalue weighted by Crippen LogP contribution is 2.25. The zero-order valence-electron chi connectivity index (χ0n) is 12.1. The second kappa shape index (κ2) is 7.14. The van der Waals surface area contributed by atoms with E-state index in [1.165, 1.54) is 0 Å². The maximum absolute atomic E-state index is 12.2. The third-order valence-corrected chi connectivity index (χ3v) is 4.95. The Balaban J connectivity index is 2.04. The van der Waals surface area contributed by atoms with Crippen molar-refractivity contribution in [2.45, 2.75) is 25.5 Å². The number of benzene rings is 2. The first kappa shape index (κ1) is 16.1. The molecular weight excluding hydrogens is 346 g/mol. The summed E-state index contributed by atoms with van der Waals surface area (Å²) in [5.41, 5.74) is 4.12. The Morgan fingerprint density at radius 2 is 1.76 bits per heavy atom. The van der Waals surface area contributed by atoms with Crippen molar-refractivity contribution in [2.24, 2.45) is 0 Å². The molecule has 0 fully saturated rings. The number of halogens is 1. The van der Waals surface area contributed by atoms with Crippen molar-refractivity contribution >= 4 is 40.2 Å². The highest BCUT2D eigenvalue weighted by Gasteiger charge is 2.15. The fourth-order valence-corrected chi connectivity index (χ4v) is 2.68. The van der Waals surface area contributed by atoms with Gasteiger partial charge in [0.1, 0.15) is 0 Å². The van der Waals surface area contributed by atoms with E-state index >= 15 is 0 Å². The number of aryl methyl sites for hydroxylation is 2. The van der Waals surface area contributed by atoms with Gasteiger partial charge in [-0.05, 0) is 49.1 Å². The molecule has 0 aromatic heterocycles. The van der Waals surface area contributed by atoms with Crippen LogP contribution >= 0.6 is 28.6 Å². The number of thiol groups is 1. The molecule has 0 heterocycles. The van der Waals surface area contributed by atoms with Gasteiger partial charge in [-0.15, -0.1) is 0 Å². The van der Waals surface area contributed by atoms with E-state index in [1.54, 1.807) is 0 Å². The van der Waals surface area contributed by atoms with Gasteiger partial charge in [0.15, 0.2) is 0 Å². The molecule has 0 saturated heterocycles. The van der Waals surface area contributed by atoms with Crippen LogP contribution in [0.25, 0.3) is 0 Å². The van der Waals surface area contributed by atoms with Crippen LogP contribution < -0.4 is 5.32 Å². The molecule has 1 N–H and O–H groups in total. The Morgan fingerprint density at radius 3 is 2.33 bits per heavy atom. The van der Waals surface area contributed by atoms with Crippen LogP contribution in [0.1, 0.15) is 16.7 Å². The van der Waals surface area contributed by atoms with E-state index in [2.05, 4.69) is 33.9 Å². The predicted molar refractivity (Wildman–Crippen MR) is 95.2 cm³/mol. The minimum atomic E-state index is -0.364. The molecule has 0 radical (unpaired) electrons. The largest absolute Gasteiger partial charge is 0.325 e. The van der Waals surface area contributed by atoms with E-state index in [0.717, 1.165) is 26.9 Å². The molecule has 1 amide bonds. The minimum absolute atomic E-state index is 0.0803. The normalized spacial score (nSPS) is 12.0. The average molecular weight is 364 g/mol. The van der Waals surface area contributed by atoms with Crippen LogP contribution in [-0.4, -0.2) is 11.2 Å². The third kappa shape index (κ3) is 4.35. The Morgan fingerprint density at radius 1 is 1.19 bits per heavy atom. The summed E-state index contributed by atoms with van der Waals surface area (Å²) in [4.78, 5) is 12.2. The van der Waals surface area contributed by atoms with Crippen LogP contribution in [0.4, 0.5) is 5.69 Å². The molecule has 21 heavy (non-hydrogen) atoms. The highest BCUT2D eigenvalue weighted by atomic mass is 79.9. The molecule has 2 rings (SSSR count). The van der Waals surface area contributed by atoms with Crippen LogP contribution in [0.3, 0.4) is 0 Å². The van der Waals surface area contributed by atoms with Crippen molar-refractivity contribution in [1.82, 2.24) is 0 Å². The third-order valence-electron chi connectivity index (χ3n) is 3.28. The SMILES string of the molecule is Cc1cc(NC(=O)C(S)Cc2ccccc2)cc(C)c1Br. The van der Waals surface area contributed by atoms with Crippen molar-refractivity contribution in [1.29, 1.82) is 0 Å². The van der Waals surface area contributed by atoms with Gasteiger partial charge < -0.3 is 5.32 Å². The van der Waals surface area contributed by atoms with Crippen molar-refractivity contribution in [3.63, 3.8) is 0 Å². The molecule has 0 saturated carbocycles. The smallest absolute Gasteiger partial charge is 0.237 e. The molecule has 0 spiro atoms. The summed E-state index contributed by atoms with van der Waals surface area (Å²) >= 11 is 7.94. The lowest BCUT2D eigenvalue weighted by Crippen LogP contribution is -2.25. The van der Waals surface area contributed by atoms with Crippen molar-refractivity contribution in [3.05, 3.63) is 63.6 Å².